The third-order valence-corrected chi connectivity index (χ3v) is 3.40. The van der Waals surface area contributed by atoms with Gasteiger partial charge >= 0.3 is 0 Å². The molecule has 7 heteroatoms. The SMILES string of the molecule is CC(C)(C)[C@@H]1OCC[C@H]1C(=O)NNC(=O)c1ccncn1. The fraction of sp³-hybridized carbons (Fsp3) is 0.571. The van der Waals surface area contributed by atoms with Crippen molar-refractivity contribution in [1.29, 1.82) is 0 Å². The smallest absolute Gasteiger partial charge is 0.288 e. The van der Waals surface area contributed by atoms with Crippen molar-refractivity contribution in [3.8, 4) is 0 Å². The number of rotatable bonds is 2. The molecule has 2 N–H and O–H groups in total. The number of aromatic nitrogens is 2. The summed E-state index contributed by atoms with van der Waals surface area (Å²) in [5.41, 5.74) is 4.87. The molecule has 0 aromatic carbocycles. The molecular weight excluding hydrogens is 272 g/mol. The number of hydrogen-bond acceptors (Lipinski definition) is 5. The molecule has 2 atom stereocenters. The Morgan fingerprint density at radius 3 is 2.71 bits per heavy atom. The van der Waals surface area contributed by atoms with Crippen molar-refractivity contribution in [1.82, 2.24) is 20.8 Å². The summed E-state index contributed by atoms with van der Waals surface area (Å²) in [6.07, 6.45) is 3.23. The van der Waals surface area contributed by atoms with Crippen LogP contribution in [0.2, 0.25) is 0 Å². The molecule has 2 rings (SSSR count). The number of ether oxygens (including phenoxy) is 1. The summed E-state index contributed by atoms with van der Waals surface area (Å²) in [7, 11) is 0. The number of nitrogens with one attached hydrogen (secondary N) is 2. The van der Waals surface area contributed by atoms with Crippen molar-refractivity contribution < 1.29 is 14.3 Å². The average Bonchev–Trinajstić information content (AvgIpc) is 2.95. The number of carbonyl (C=O) groups excluding carboxylic acids is 2. The normalized spacial score (nSPS) is 21.9. The minimum Gasteiger partial charge on any atom is -0.377 e. The van der Waals surface area contributed by atoms with E-state index in [2.05, 4.69) is 20.8 Å². The Labute approximate surface area is 123 Å². The van der Waals surface area contributed by atoms with E-state index >= 15 is 0 Å². The minimum atomic E-state index is -0.475. The highest BCUT2D eigenvalue weighted by Crippen LogP contribution is 2.34. The molecule has 0 radical (unpaired) electrons. The molecule has 114 valence electrons. The van der Waals surface area contributed by atoms with Crippen molar-refractivity contribution in [3.63, 3.8) is 0 Å². The van der Waals surface area contributed by atoms with Crippen LogP contribution in [0.15, 0.2) is 18.6 Å². The summed E-state index contributed by atoms with van der Waals surface area (Å²) in [6, 6.07) is 1.47. The van der Waals surface area contributed by atoms with Crippen LogP contribution in [0.1, 0.15) is 37.7 Å². The van der Waals surface area contributed by atoms with E-state index in [0.717, 1.165) is 0 Å². The lowest BCUT2D eigenvalue weighted by Gasteiger charge is -2.30. The van der Waals surface area contributed by atoms with Crippen molar-refractivity contribution in [2.75, 3.05) is 6.61 Å². The summed E-state index contributed by atoms with van der Waals surface area (Å²) in [6.45, 7) is 6.65. The number of hydrogen-bond donors (Lipinski definition) is 2. The van der Waals surface area contributed by atoms with Crippen molar-refractivity contribution in [2.24, 2.45) is 11.3 Å². The van der Waals surface area contributed by atoms with Gasteiger partial charge in [-0.15, -0.1) is 0 Å². The number of nitrogens with zero attached hydrogens (tertiary/aromatic N) is 2. The third-order valence-electron chi connectivity index (χ3n) is 3.40. The van der Waals surface area contributed by atoms with Crippen LogP contribution in [0.3, 0.4) is 0 Å². The maximum atomic E-state index is 12.2. The highest BCUT2D eigenvalue weighted by molar-refractivity contribution is 5.93. The van der Waals surface area contributed by atoms with Gasteiger partial charge in [-0.25, -0.2) is 9.97 Å². The van der Waals surface area contributed by atoms with Crippen LogP contribution in [-0.4, -0.2) is 34.5 Å². The first-order valence-electron chi connectivity index (χ1n) is 6.87. The zero-order valence-corrected chi connectivity index (χ0v) is 12.4. The summed E-state index contributed by atoms with van der Waals surface area (Å²) >= 11 is 0. The molecule has 2 amide bonds. The second-order valence-corrected chi connectivity index (χ2v) is 6.09. The zero-order chi connectivity index (χ0) is 15.5. The Kier molecular flexibility index (Phi) is 4.52. The van der Waals surface area contributed by atoms with Gasteiger partial charge in [0.2, 0.25) is 5.91 Å². The van der Waals surface area contributed by atoms with Gasteiger partial charge in [-0.2, -0.15) is 0 Å². The van der Waals surface area contributed by atoms with Gasteiger partial charge in [0.05, 0.1) is 12.0 Å². The van der Waals surface area contributed by atoms with Crippen molar-refractivity contribution in [2.45, 2.75) is 33.3 Å². The van der Waals surface area contributed by atoms with E-state index in [1.54, 1.807) is 0 Å². The maximum Gasteiger partial charge on any atom is 0.288 e. The Hall–Kier alpha value is -2.02. The van der Waals surface area contributed by atoms with E-state index in [1.807, 2.05) is 20.8 Å². The van der Waals surface area contributed by atoms with Gasteiger partial charge in [-0.3, -0.25) is 20.4 Å². The quantitative estimate of drug-likeness (QED) is 0.782. The van der Waals surface area contributed by atoms with Gasteiger partial charge in [0.15, 0.2) is 0 Å². The van der Waals surface area contributed by atoms with Gasteiger partial charge in [-0.05, 0) is 17.9 Å². The summed E-state index contributed by atoms with van der Waals surface area (Å²) in [5, 5.41) is 0. The van der Waals surface area contributed by atoms with E-state index in [9.17, 15) is 9.59 Å². The molecule has 7 nitrogen and oxygen atoms in total. The summed E-state index contributed by atoms with van der Waals surface area (Å²) in [5.74, 6) is -0.984. The van der Waals surface area contributed by atoms with Crippen LogP contribution in [0.25, 0.3) is 0 Å². The zero-order valence-electron chi connectivity index (χ0n) is 12.4. The predicted molar refractivity (Wildman–Crippen MR) is 74.9 cm³/mol. The molecule has 0 spiro atoms. The molecule has 0 saturated carbocycles. The van der Waals surface area contributed by atoms with Gasteiger partial charge in [-0.1, -0.05) is 20.8 Å². The molecule has 21 heavy (non-hydrogen) atoms. The second-order valence-electron chi connectivity index (χ2n) is 6.09. The lowest BCUT2D eigenvalue weighted by molar-refractivity contribution is -0.129. The van der Waals surface area contributed by atoms with Crippen LogP contribution in [0.5, 0.6) is 0 Å². The van der Waals surface area contributed by atoms with Gasteiger partial charge in [0, 0.05) is 12.8 Å². The van der Waals surface area contributed by atoms with Crippen LogP contribution in [-0.2, 0) is 9.53 Å². The fourth-order valence-corrected chi connectivity index (χ4v) is 2.41. The molecule has 1 aliphatic heterocycles. The van der Waals surface area contributed by atoms with Crippen LogP contribution in [0, 0.1) is 11.3 Å². The van der Waals surface area contributed by atoms with E-state index in [1.165, 1.54) is 18.6 Å². The summed E-state index contributed by atoms with van der Waals surface area (Å²) < 4.78 is 5.65. The Bertz CT molecular complexity index is 513. The van der Waals surface area contributed by atoms with Gasteiger partial charge < -0.3 is 4.74 Å². The lowest BCUT2D eigenvalue weighted by atomic mass is 9.81. The van der Waals surface area contributed by atoms with Crippen LogP contribution in [0.4, 0.5) is 0 Å². The summed E-state index contributed by atoms with van der Waals surface area (Å²) in [4.78, 5) is 31.5. The number of carbonyl (C=O) groups is 2. The third kappa shape index (κ3) is 3.75. The lowest BCUT2D eigenvalue weighted by Crippen LogP contribution is -2.48. The highest BCUT2D eigenvalue weighted by Gasteiger charge is 2.41. The molecule has 1 aliphatic rings. The fourth-order valence-electron chi connectivity index (χ4n) is 2.41. The molecule has 1 fully saturated rings. The van der Waals surface area contributed by atoms with E-state index in [0.29, 0.717) is 13.0 Å². The van der Waals surface area contributed by atoms with Crippen LogP contribution >= 0.6 is 0 Å². The topological polar surface area (TPSA) is 93.2 Å². The van der Waals surface area contributed by atoms with Crippen molar-refractivity contribution >= 4 is 11.8 Å². The van der Waals surface area contributed by atoms with E-state index in [-0.39, 0.29) is 29.0 Å². The predicted octanol–water partition coefficient (Wildman–Crippen LogP) is 0.689. The second kappa shape index (κ2) is 6.17. The Morgan fingerprint density at radius 2 is 2.10 bits per heavy atom. The molecule has 1 aromatic rings. The van der Waals surface area contributed by atoms with E-state index in [4.69, 9.17) is 4.74 Å². The first-order chi connectivity index (χ1) is 9.89. The Morgan fingerprint density at radius 1 is 1.33 bits per heavy atom. The first-order valence-corrected chi connectivity index (χ1v) is 6.87. The molecule has 0 aliphatic carbocycles. The van der Waals surface area contributed by atoms with E-state index < -0.39 is 5.91 Å². The molecule has 0 bridgehead atoms. The number of hydrazine groups is 1. The number of amides is 2. The standard InChI is InChI=1S/C14H20N4O3/c1-14(2,3)11-9(5-7-21-11)12(19)17-18-13(20)10-4-6-15-8-16-10/h4,6,8-9,11H,5,7H2,1-3H3,(H,17,19)(H,18,20)/t9-,11-/m1/s1. The minimum absolute atomic E-state index is 0.130. The van der Waals surface area contributed by atoms with Crippen LogP contribution < -0.4 is 10.9 Å². The highest BCUT2D eigenvalue weighted by atomic mass is 16.5. The molecule has 2 heterocycles. The largest absolute Gasteiger partial charge is 0.377 e. The Balaban J connectivity index is 1.91. The molecular formula is C14H20N4O3. The monoisotopic (exact) mass is 292 g/mol. The van der Waals surface area contributed by atoms with Gasteiger partial charge in [0.1, 0.15) is 12.0 Å². The molecule has 1 saturated heterocycles. The first kappa shape index (κ1) is 15.4. The average molecular weight is 292 g/mol. The molecule has 0 unspecified atom stereocenters. The maximum absolute atomic E-state index is 12.2. The van der Waals surface area contributed by atoms with Crippen molar-refractivity contribution in [3.05, 3.63) is 24.3 Å². The molecule has 1 aromatic heterocycles. The van der Waals surface area contributed by atoms with Gasteiger partial charge in [0.25, 0.3) is 5.91 Å².